The maximum Gasteiger partial charge on any atom is 0.254 e. The summed E-state index contributed by atoms with van der Waals surface area (Å²) >= 11 is 1.68. The van der Waals surface area contributed by atoms with Crippen LogP contribution in [0.3, 0.4) is 0 Å². The molecule has 1 fully saturated rings. The molecule has 0 spiro atoms. The summed E-state index contributed by atoms with van der Waals surface area (Å²) in [6.07, 6.45) is 5.62. The van der Waals surface area contributed by atoms with Gasteiger partial charge in [0.15, 0.2) is 11.5 Å². The summed E-state index contributed by atoms with van der Waals surface area (Å²) in [5, 5.41) is 2.05. The highest BCUT2D eigenvalue weighted by Crippen LogP contribution is 2.33. The van der Waals surface area contributed by atoms with Gasteiger partial charge in [0, 0.05) is 28.9 Å². The van der Waals surface area contributed by atoms with Crippen molar-refractivity contribution in [1.82, 2.24) is 9.88 Å². The third kappa shape index (κ3) is 4.95. The van der Waals surface area contributed by atoms with Gasteiger partial charge in [-0.3, -0.25) is 9.78 Å². The van der Waals surface area contributed by atoms with Gasteiger partial charge < -0.3 is 14.4 Å². The number of amides is 1. The maximum atomic E-state index is 13.2. The van der Waals surface area contributed by atoms with Gasteiger partial charge in [0.1, 0.15) is 6.61 Å². The molecule has 3 aromatic rings. The van der Waals surface area contributed by atoms with E-state index in [1.54, 1.807) is 29.8 Å². The van der Waals surface area contributed by atoms with E-state index in [1.807, 2.05) is 47.5 Å². The minimum absolute atomic E-state index is 0.0440. The fourth-order valence-electron chi connectivity index (χ4n) is 3.16. The fraction of sp³-hybridized carbons (Fsp3) is 0.304. The highest BCUT2D eigenvalue weighted by atomic mass is 32.1. The summed E-state index contributed by atoms with van der Waals surface area (Å²) in [4.78, 5) is 20.4. The van der Waals surface area contributed by atoms with Crippen molar-refractivity contribution < 1.29 is 14.3 Å². The molecule has 2 heterocycles. The van der Waals surface area contributed by atoms with Crippen molar-refractivity contribution >= 4 is 17.2 Å². The predicted molar refractivity (Wildman–Crippen MR) is 113 cm³/mol. The van der Waals surface area contributed by atoms with Crippen molar-refractivity contribution in [2.75, 3.05) is 6.61 Å². The average Bonchev–Trinajstić information content (AvgIpc) is 3.47. The molecule has 0 radical (unpaired) electrons. The van der Waals surface area contributed by atoms with Crippen LogP contribution in [0.25, 0.3) is 0 Å². The summed E-state index contributed by atoms with van der Waals surface area (Å²) in [6.45, 7) is 3.51. The number of thiophene rings is 1. The summed E-state index contributed by atoms with van der Waals surface area (Å²) in [7, 11) is 0. The topological polar surface area (TPSA) is 51.7 Å². The second kappa shape index (κ2) is 9.09. The molecular formula is C23H24N2O3S. The number of hydrogen-bond donors (Lipinski definition) is 0. The van der Waals surface area contributed by atoms with Crippen molar-refractivity contribution in [3.63, 3.8) is 0 Å². The predicted octanol–water partition coefficient (Wildman–Crippen LogP) is 4.93. The van der Waals surface area contributed by atoms with E-state index in [2.05, 4.69) is 11.1 Å². The number of pyridine rings is 1. The van der Waals surface area contributed by atoms with Crippen LogP contribution >= 0.6 is 11.3 Å². The molecule has 29 heavy (non-hydrogen) atoms. The molecule has 150 valence electrons. The smallest absolute Gasteiger partial charge is 0.254 e. The molecular weight excluding hydrogens is 384 g/mol. The molecule has 5 nitrogen and oxygen atoms in total. The Morgan fingerprint density at radius 2 is 1.97 bits per heavy atom. The second-order valence-corrected chi connectivity index (χ2v) is 8.01. The zero-order valence-corrected chi connectivity index (χ0v) is 17.2. The van der Waals surface area contributed by atoms with Gasteiger partial charge in [-0.05, 0) is 67.1 Å². The van der Waals surface area contributed by atoms with Crippen LogP contribution in [-0.4, -0.2) is 28.4 Å². The van der Waals surface area contributed by atoms with Crippen LogP contribution in [0, 0.1) is 0 Å². The second-order valence-electron chi connectivity index (χ2n) is 6.98. The lowest BCUT2D eigenvalue weighted by molar-refractivity contribution is 0.0731. The van der Waals surface area contributed by atoms with Crippen LogP contribution in [-0.2, 0) is 13.2 Å². The zero-order valence-electron chi connectivity index (χ0n) is 16.4. The normalized spacial score (nSPS) is 13.1. The highest BCUT2D eigenvalue weighted by Gasteiger charge is 2.33. The Hall–Kier alpha value is -2.86. The zero-order chi connectivity index (χ0) is 20.1. The number of hydrogen-bond acceptors (Lipinski definition) is 5. The molecule has 1 aliphatic carbocycles. The van der Waals surface area contributed by atoms with E-state index in [4.69, 9.17) is 9.47 Å². The highest BCUT2D eigenvalue weighted by molar-refractivity contribution is 7.09. The summed E-state index contributed by atoms with van der Waals surface area (Å²) < 4.78 is 11.7. The molecule has 4 rings (SSSR count). The lowest BCUT2D eigenvalue weighted by Crippen LogP contribution is -2.32. The number of ether oxygens (including phenoxy) is 2. The first kappa shape index (κ1) is 19.5. The van der Waals surface area contributed by atoms with E-state index in [0.29, 0.717) is 42.9 Å². The Balaban J connectivity index is 1.52. The van der Waals surface area contributed by atoms with Gasteiger partial charge in [0.25, 0.3) is 5.91 Å². The van der Waals surface area contributed by atoms with Gasteiger partial charge >= 0.3 is 0 Å². The van der Waals surface area contributed by atoms with Crippen molar-refractivity contribution in [2.24, 2.45) is 0 Å². The largest absolute Gasteiger partial charge is 0.490 e. The molecule has 0 bridgehead atoms. The number of carbonyl (C=O) groups excluding carboxylic acids is 1. The number of carbonyl (C=O) groups is 1. The molecule has 6 heteroatoms. The molecule has 0 aliphatic heterocycles. The van der Waals surface area contributed by atoms with Crippen molar-refractivity contribution in [3.8, 4) is 11.5 Å². The van der Waals surface area contributed by atoms with Crippen LogP contribution in [0.5, 0.6) is 11.5 Å². The Morgan fingerprint density at radius 1 is 1.14 bits per heavy atom. The standard InChI is InChI=1S/C23H24N2O3S/c1-2-27-22-14-18(5-8-21(22)28-16-17-9-11-24-12-10-17)23(26)25(19-6-7-19)15-20-4-3-13-29-20/h3-5,8-14,19H,2,6-7,15-16H2,1H3. The quantitative estimate of drug-likeness (QED) is 0.504. The van der Waals surface area contributed by atoms with Gasteiger partial charge in [-0.25, -0.2) is 0 Å². The summed E-state index contributed by atoms with van der Waals surface area (Å²) in [6, 6.07) is 13.7. The first-order valence-electron chi connectivity index (χ1n) is 9.86. The number of rotatable bonds is 9. The lowest BCUT2D eigenvalue weighted by atomic mass is 10.1. The third-order valence-corrected chi connectivity index (χ3v) is 5.65. The number of benzene rings is 1. The van der Waals surface area contributed by atoms with Crippen molar-refractivity contribution in [3.05, 3.63) is 76.2 Å². The Kier molecular flexibility index (Phi) is 6.10. The Labute approximate surface area is 174 Å². The molecule has 2 aromatic heterocycles. The van der Waals surface area contributed by atoms with Gasteiger partial charge in [0.05, 0.1) is 13.2 Å². The third-order valence-electron chi connectivity index (χ3n) is 4.79. The van der Waals surface area contributed by atoms with Gasteiger partial charge in [-0.15, -0.1) is 11.3 Å². The summed E-state index contributed by atoms with van der Waals surface area (Å²) in [5.41, 5.74) is 1.66. The Morgan fingerprint density at radius 3 is 2.66 bits per heavy atom. The van der Waals surface area contributed by atoms with Crippen LogP contribution < -0.4 is 9.47 Å². The van der Waals surface area contributed by atoms with Crippen LogP contribution in [0.15, 0.2) is 60.2 Å². The van der Waals surface area contributed by atoms with Gasteiger partial charge in [-0.1, -0.05) is 6.07 Å². The van der Waals surface area contributed by atoms with Crippen LogP contribution in [0.2, 0.25) is 0 Å². The van der Waals surface area contributed by atoms with Crippen molar-refractivity contribution in [2.45, 2.75) is 39.0 Å². The Bertz CT molecular complexity index is 940. The molecule has 1 aliphatic rings. The number of aromatic nitrogens is 1. The minimum Gasteiger partial charge on any atom is -0.490 e. The van der Waals surface area contributed by atoms with Crippen LogP contribution in [0.1, 0.15) is 40.6 Å². The van der Waals surface area contributed by atoms with E-state index < -0.39 is 0 Å². The van der Waals surface area contributed by atoms with E-state index in [0.717, 1.165) is 18.4 Å². The molecule has 1 aromatic carbocycles. The summed E-state index contributed by atoms with van der Waals surface area (Å²) in [5.74, 6) is 1.28. The maximum absolute atomic E-state index is 13.2. The van der Waals surface area contributed by atoms with Crippen molar-refractivity contribution in [1.29, 1.82) is 0 Å². The van der Waals surface area contributed by atoms with Gasteiger partial charge in [0.2, 0.25) is 0 Å². The molecule has 1 amide bonds. The van der Waals surface area contributed by atoms with E-state index in [9.17, 15) is 4.79 Å². The average molecular weight is 409 g/mol. The lowest BCUT2D eigenvalue weighted by Gasteiger charge is -2.22. The first-order chi connectivity index (χ1) is 14.2. The first-order valence-corrected chi connectivity index (χ1v) is 10.7. The minimum atomic E-state index is 0.0440. The van der Waals surface area contributed by atoms with Crippen LogP contribution in [0.4, 0.5) is 0 Å². The van der Waals surface area contributed by atoms with E-state index in [1.165, 1.54) is 4.88 Å². The van der Waals surface area contributed by atoms with Gasteiger partial charge in [-0.2, -0.15) is 0 Å². The van der Waals surface area contributed by atoms with E-state index in [-0.39, 0.29) is 5.91 Å². The van der Waals surface area contributed by atoms with E-state index >= 15 is 0 Å². The molecule has 0 unspecified atom stereocenters. The SMILES string of the molecule is CCOc1cc(C(=O)N(Cc2cccs2)C2CC2)ccc1OCc1ccncc1. The molecule has 0 saturated heterocycles. The monoisotopic (exact) mass is 408 g/mol. The molecule has 1 saturated carbocycles. The number of nitrogens with zero attached hydrogens (tertiary/aromatic N) is 2. The fourth-order valence-corrected chi connectivity index (χ4v) is 3.86. The molecule has 0 N–H and O–H groups in total. The molecule has 0 atom stereocenters.